The van der Waals surface area contributed by atoms with Gasteiger partial charge in [0.25, 0.3) is 5.56 Å². The number of thiocarbonyl (C=S) groups is 1. The van der Waals surface area contributed by atoms with E-state index in [0.29, 0.717) is 4.57 Å². The van der Waals surface area contributed by atoms with Gasteiger partial charge in [0.1, 0.15) is 5.69 Å². The molecule has 0 aliphatic carbocycles. The predicted octanol–water partition coefficient (Wildman–Crippen LogP) is 2.57. The van der Waals surface area contributed by atoms with E-state index in [1.165, 1.54) is 0 Å². The van der Waals surface area contributed by atoms with E-state index in [9.17, 15) is 18.0 Å². The molecule has 3 nitrogen and oxygen atoms in total. The van der Waals surface area contributed by atoms with Crippen LogP contribution in [0.25, 0.3) is 0 Å². The van der Waals surface area contributed by atoms with E-state index < -0.39 is 22.8 Å². The first kappa shape index (κ1) is 15.7. The second-order valence-electron chi connectivity index (χ2n) is 4.90. The van der Waals surface area contributed by atoms with Gasteiger partial charge < -0.3 is 10.3 Å². The molecule has 0 unspecified atom stereocenters. The first-order valence-corrected chi connectivity index (χ1v) is 6.03. The van der Waals surface area contributed by atoms with Crippen molar-refractivity contribution in [2.24, 2.45) is 11.1 Å². The minimum atomic E-state index is -4.56. The molecule has 0 fully saturated rings. The summed E-state index contributed by atoms with van der Waals surface area (Å²) < 4.78 is 39.1. The third kappa shape index (κ3) is 3.79. The lowest BCUT2D eigenvalue weighted by Gasteiger charge is -2.24. The quantitative estimate of drug-likeness (QED) is 0.868. The maximum absolute atomic E-state index is 12.8. The Morgan fingerprint density at radius 2 is 1.95 bits per heavy atom. The smallest absolute Gasteiger partial charge is 0.393 e. The standard InChI is InChI=1S/C12H15F3N2OS/c1-11(2,10(16)19)6-7-17-8(12(13,14)15)4-3-5-9(17)18/h3-5H,6-7H2,1-2H3,(H2,16,19). The van der Waals surface area contributed by atoms with Gasteiger partial charge in [-0.1, -0.05) is 32.1 Å². The number of halogens is 3. The Bertz CT molecular complexity index is 535. The first-order chi connectivity index (χ1) is 8.55. The highest BCUT2D eigenvalue weighted by molar-refractivity contribution is 7.80. The van der Waals surface area contributed by atoms with Crippen molar-refractivity contribution in [3.8, 4) is 0 Å². The van der Waals surface area contributed by atoms with Gasteiger partial charge in [-0.25, -0.2) is 0 Å². The van der Waals surface area contributed by atoms with Gasteiger partial charge in [-0.2, -0.15) is 13.2 Å². The Kier molecular flexibility index (Phi) is 4.39. The fourth-order valence-electron chi connectivity index (χ4n) is 1.51. The van der Waals surface area contributed by atoms with Crippen molar-refractivity contribution in [2.45, 2.75) is 33.0 Å². The molecule has 7 heteroatoms. The van der Waals surface area contributed by atoms with E-state index in [4.69, 9.17) is 18.0 Å². The van der Waals surface area contributed by atoms with Crippen molar-refractivity contribution in [3.63, 3.8) is 0 Å². The Morgan fingerprint density at radius 1 is 1.37 bits per heavy atom. The summed E-state index contributed by atoms with van der Waals surface area (Å²) in [5, 5.41) is 0. The van der Waals surface area contributed by atoms with Gasteiger partial charge in [-0.3, -0.25) is 4.79 Å². The number of rotatable bonds is 4. The maximum Gasteiger partial charge on any atom is 0.431 e. The average molecular weight is 292 g/mol. The molecule has 0 saturated heterocycles. The fraction of sp³-hybridized carbons (Fsp3) is 0.500. The summed E-state index contributed by atoms with van der Waals surface area (Å²) in [7, 11) is 0. The van der Waals surface area contributed by atoms with Gasteiger partial charge in [0, 0.05) is 18.0 Å². The zero-order chi connectivity index (χ0) is 14.8. The highest BCUT2D eigenvalue weighted by atomic mass is 32.1. The predicted molar refractivity (Wildman–Crippen MR) is 70.9 cm³/mol. The van der Waals surface area contributed by atoms with Crippen molar-refractivity contribution in [1.82, 2.24) is 4.57 Å². The third-order valence-electron chi connectivity index (χ3n) is 2.97. The van der Waals surface area contributed by atoms with Crippen molar-refractivity contribution in [2.75, 3.05) is 0 Å². The molecule has 0 aliphatic rings. The van der Waals surface area contributed by atoms with Crippen LogP contribution in [0.4, 0.5) is 13.2 Å². The number of nitrogens with two attached hydrogens (primary N) is 1. The molecule has 0 aromatic carbocycles. The highest BCUT2D eigenvalue weighted by Gasteiger charge is 2.34. The van der Waals surface area contributed by atoms with E-state index in [1.54, 1.807) is 13.8 Å². The molecule has 1 aromatic rings. The number of pyridine rings is 1. The molecule has 0 aliphatic heterocycles. The summed E-state index contributed by atoms with van der Waals surface area (Å²) in [6, 6.07) is 3.08. The van der Waals surface area contributed by atoms with E-state index in [1.807, 2.05) is 0 Å². The molecule has 1 heterocycles. The molecule has 0 spiro atoms. The van der Waals surface area contributed by atoms with Crippen LogP contribution in [0.5, 0.6) is 0 Å². The lowest BCUT2D eigenvalue weighted by Crippen LogP contribution is -2.34. The topological polar surface area (TPSA) is 48.0 Å². The van der Waals surface area contributed by atoms with Crippen LogP contribution < -0.4 is 11.3 Å². The number of hydrogen-bond acceptors (Lipinski definition) is 2. The molecular formula is C12H15F3N2OS. The zero-order valence-corrected chi connectivity index (χ0v) is 11.4. The molecular weight excluding hydrogens is 277 g/mol. The van der Waals surface area contributed by atoms with Gasteiger partial charge in [-0.15, -0.1) is 0 Å². The Morgan fingerprint density at radius 3 is 2.42 bits per heavy atom. The van der Waals surface area contributed by atoms with Crippen LogP contribution in [0, 0.1) is 5.41 Å². The second-order valence-corrected chi connectivity index (χ2v) is 5.34. The van der Waals surface area contributed by atoms with Crippen molar-refractivity contribution in [1.29, 1.82) is 0 Å². The molecule has 2 N–H and O–H groups in total. The van der Waals surface area contributed by atoms with Crippen molar-refractivity contribution < 1.29 is 13.2 Å². The highest BCUT2D eigenvalue weighted by Crippen LogP contribution is 2.29. The normalized spacial score (nSPS) is 12.5. The molecule has 0 radical (unpaired) electrons. The Hall–Kier alpha value is -1.37. The molecule has 0 atom stereocenters. The van der Waals surface area contributed by atoms with E-state index in [2.05, 4.69) is 0 Å². The molecule has 0 saturated carbocycles. The summed E-state index contributed by atoms with van der Waals surface area (Å²) in [4.78, 5) is 11.8. The molecule has 0 bridgehead atoms. The number of nitrogens with zero attached hydrogens (tertiary/aromatic N) is 1. The molecule has 1 aromatic heterocycles. The second kappa shape index (κ2) is 5.32. The van der Waals surface area contributed by atoms with Crippen LogP contribution in [0.1, 0.15) is 26.0 Å². The number of alkyl halides is 3. The largest absolute Gasteiger partial charge is 0.431 e. The number of hydrogen-bond donors (Lipinski definition) is 1. The van der Waals surface area contributed by atoms with Gasteiger partial charge in [-0.05, 0) is 12.5 Å². The summed E-state index contributed by atoms with van der Waals surface area (Å²) in [6.45, 7) is 3.38. The molecule has 106 valence electrons. The van der Waals surface area contributed by atoms with Crippen molar-refractivity contribution in [3.05, 3.63) is 34.2 Å². The van der Waals surface area contributed by atoms with E-state index in [-0.39, 0.29) is 18.0 Å². The van der Waals surface area contributed by atoms with Gasteiger partial charge in [0.15, 0.2) is 0 Å². The minimum absolute atomic E-state index is 0.0845. The average Bonchev–Trinajstić information content (AvgIpc) is 2.25. The lowest BCUT2D eigenvalue weighted by molar-refractivity contribution is -0.144. The molecule has 0 amide bonds. The van der Waals surface area contributed by atoms with E-state index >= 15 is 0 Å². The molecule has 1 rings (SSSR count). The van der Waals surface area contributed by atoms with Crippen LogP contribution >= 0.6 is 12.2 Å². The van der Waals surface area contributed by atoms with Crippen molar-refractivity contribution >= 4 is 17.2 Å². The summed E-state index contributed by atoms with van der Waals surface area (Å²) >= 11 is 4.85. The maximum atomic E-state index is 12.8. The minimum Gasteiger partial charge on any atom is -0.393 e. The Balaban J connectivity index is 3.09. The first-order valence-electron chi connectivity index (χ1n) is 5.62. The van der Waals surface area contributed by atoms with Crippen LogP contribution in [0.3, 0.4) is 0 Å². The van der Waals surface area contributed by atoms with Crippen LogP contribution in [-0.4, -0.2) is 9.56 Å². The van der Waals surface area contributed by atoms with Gasteiger partial charge >= 0.3 is 6.18 Å². The SMILES string of the molecule is CC(C)(CCn1c(C(F)(F)F)cccc1=O)C(N)=S. The summed E-state index contributed by atoms with van der Waals surface area (Å²) in [5.74, 6) is 0. The Labute approximate surface area is 114 Å². The van der Waals surface area contributed by atoms with Crippen LogP contribution in [0.15, 0.2) is 23.0 Å². The van der Waals surface area contributed by atoms with E-state index in [0.717, 1.165) is 18.2 Å². The van der Waals surface area contributed by atoms with Gasteiger partial charge in [0.2, 0.25) is 0 Å². The fourth-order valence-corrected chi connectivity index (χ4v) is 1.61. The zero-order valence-electron chi connectivity index (χ0n) is 10.6. The molecule has 19 heavy (non-hydrogen) atoms. The van der Waals surface area contributed by atoms with Crippen LogP contribution in [-0.2, 0) is 12.7 Å². The van der Waals surface area contributed by atoms with Gasteiger partial charge in [0.05, 0.1) is 4.99 Å². The third-order valence-corrected chi connectivity index (χ3v) is 3.52. The lowest BCUT2D eigenvalue weighted by atomic mass is 9.89. The monoisotopic (exact) mass is 292 g/mol. The number of aromatic nitrogens is 1. The summed E-state index contributed by atoms with van der Waals surface area (Å²) in [6.07, 6.45) is -4.30. The van der Waals surface area contributed by atoms with Crippen LogP contribution in [0.2, 0.25) is 0 Å². The summed E-state index contributed by atoms with van der Waals surface area (Å²) in [5.41, 5.74) is 3.27.